The number of ketones is 1. The van der Waals surface area contributed by atoms with Crippen molar-refractivity contribution in [1.82, 2.24) is 0 Å². The zero-order valence-corrected chi connectivity index (χ0v) is 20.5. The molecule has 0 amide bonds. The highest BCUT2D eigenvalue weighted by Crippen LogP contribution is 2.77. The van der Waals surface area contributed by atoms with E-state index in [1.54, 1.807) is 0 Å². The average Bonchev–Trinajstić information content (AvgIpc) is 3.47. The second-order valence-electron chi connectivity index (χ2n) is 12.1. The van der Waals surface area contributed by atoms with Crippen molar-refractivity contribution in [2.75, 3.05) is 0 Å². The van der Waals surface area contributed by atoms with Crippen LogP contribution in [0.5, 0.6) is 0 Å². The molecule has 9 nitrogen and oxygen atoms in total. The lowest BCUT2D eigenvalue weighted by atomic mass is 9.37. The zero-order chi connectivity index (χ0) is 25.3. The fourth-order valence-electron chi connectivity index (χ4n) is 8.67. The molecule has 0 aromatic rings. The maximum absolute atomic E-state index is 14.2. The number of aliphatic hydroxyl groups excluding tert-OH is 1. The van der Waals surface area contributed by atoms with E-state index >= 15 is 0 Å². The predicted octanol–water partition coefficient (Wildman–Crippen LogP) is 1.76. The van der Waals surface area contributed by atoms with E-state index in [0.717, 1.165) is 0 Å². The Morgan fingerprint density at radius 3 is 2.34 bits per heavy atom. The van der Waals surface area contributed by atoms with Crippen molar-refractivity contribution in [3.05, 3.63) is 23.8 Å². The fourth-order valence-corrected chi connectivity index (χ4v) is 8.67. The summed E-state index contributed by atoms with van der Waals surface area (Å²) in [5.41, 5.74) is -4.53. The molecule has 1 N–H and O–H groups in total. The van der Waals surface area contributed by atoms with Gasteiger partial charge in [0.1, 0.15) is 23.1 Å². The molecule has 9 atom stereocenters. The molecule has 2 aliphatic carbocycles. The number of Topliss-reactive ketones (excluding diaryl/α,β-unsaturated/α-hetero) is 1. The highest BCUT2D eigenvalue weighted by atomic mass is 16.7. The van der Waals surface area contributed by atoms with Crippen LogP contribution in [-0.4, -0.2) is 58.5 Å². The first-order valence-corrected chi connectivity index (χ1v) is 12.2. The van der Waals surface area contributed by atoms with Gasteiger partial charge in [0.2, 0.25) is 6.29 Å². The Hall–Kier alpha value is -2.52. The SMILES string of the molecule is CC1(C)OC(=O)C=C[C@]2(C)[C@H]3CC[C@@]4(C)[C@H](C5=C[C@@H](O)OC5=O)OC(=O)[C@H]5O[C@]54[C@]3(C)C(=O)C[C@@H]12. The molecule has 4 fully saturated rings. The lowest BCUT2D eigenvalue weighted by Gasteiger charge is -2.64. The Balaban J connectivity index is 1.51. The Morgan fingerprint density at radius 2 is 1.69 bits per heavy atom. The summed E-state index contributed by atoms with van der Waals surface area (Å²) >= 11 is 0. The summed E-state index contributed by atoms with van der Waals surface area (Å²) in [6.07, 6.45) is 2.48. The summed E-state index contributed by atoms with van der Waals surface area (Å²) in [5.74, 6) is -2.36. The van der Waals surface area contributed by atoms with Crippen LogP contribution in [0.2, 0.25) is 0 Å². The second kappa shape index (κ2) is 6.42. The van der Waals surface area contributed by atoms with Crippen LogP contribution in [0.4, 0.5) is 0 Å². The van der Waals surface area contributed by atoms with E-state index in [2.05, 4.69) is 6.92 Å². The van der Waals surface area contributed by atoms with E-state index in [4.69, 9.17) is 18.9 Å². The van der Waals surface area contributed by atoms with Crippen LogP contribution in [0.25, 0.3) is 0 Å². The molecule has 188 valence electrons. The minimum absolute atomic E-state index is 0.0470. The molecule has 0 aromatic carbocycles. The van der Waals surface area contributed by atoms with Crippen molar-refractivity contribution in [2.45, 2.75) is 83.6 Å². The number of aliphatic hydroxyl groups is 1. The number of epoxide rings is 1. The monoisotopic (exact) mass is 486 g/mol. The highest BCUT2D eigenvalue weighted by molar-refractivity contribution is 5.96. The van der Waals surface area contributed by atoms with E-state index in [1.807, 2.05) is 33.8 Å². The van der Waals surface area contributed by atoms with Crippen LogP contribution in [0.1, 0.15) is 53.9 Å². The van der Waals surface area contributed by atoms with Gasteiger partial charge in [0, 0.05) is 23.8 Å². The van der Waals surface area contributed by atoms with Gasteiger partial charge in [0.15, 0.2) is 6.10 Å². The number of esters is 3. The van der Waals surface area contributed by atoms with Gasteiger partial charge < -0.3 is 24.1 Å². The van der Waals surface area contributed by atoms with Crippen LogP contribution in [-0.2, 0) is 38.1 Å². The van der Waals surface area contributed by atoms with E-state index in [1.165, 1.54) is 12.2 Å². The third kappa shape index (κ3) is 2.46. The summed E-state index contributed by atoms with van der Waals surface area (Å²) < 4.78 is 22.6. The van der Waals surface area contributed by atoms with Gasteiger partial charge in [-0.25, -0.2) is 14.4 Å². The first kappa shape index (κ1) is 22.9. The first-order valence-electron chi connectivity index (χ1n) is 12.2. The normalized spacial score (nSPS) is 51.5. The fraction of sp³-hybridized carbons (Fsp3) is 0.692. The molecule has 35 heavy (non-hydrogen) atoms. The summed E-state index contributed by atoms with van der Waals surface area (Å²) in [7, 11) is 0. The van der Waals surface area contributed by atoms with Gasteiger partial charge in [-0.3, -0.25) is 4.79 Å². The largest absolute Gasteiger partial charge is 0.456 e. The van der Waals surface area contributed by atoms with Crippen LogP contribution >= 0.6 is 0 Å². The first-order chi connectivity index (χ1) is 16.2. The molecule has 9 heteroatoms. The van der Waals surface area contributed by atoms with E-state index in [0.29, 0.717) is 12.8 Å². The third-order valence-electron chi connectivity index (χ3n) is 10.2. The summed E-state index contributed by atoms with van der Waals surface area (Å²) in [5, 5.41) is 9.87. The third-order valence-corrected chi connectivity index (χ3v) is 10.2. The van der Waals surface area contributed by atoms with Gasteiger partial charge in [-0.15, -0.1) is 0 Å². The topological polar surface area (TPSA) is 129 Å². The van der Waals surface area contributed by atoms with E-state index < -0.39 is 63.9 Å². The number of ether oxygens (including phenoxy) is 4. The average molecular weight is 487 g/mol. The minimum atomic E-state index is -1.41. The number of hydrogen-bond donors (Lipinski definition) is 1. The number of fused-ring (bicyclic) bond motifs is 3. The van der Waals surface area contributed by atoms with Gasteiger partial charge in [0.25, 0.3) is 0 Å². The molecule has 0 aromatic heterocycles. The van der Waals surface area contributed by atoms with Crippen molar-refractivity contribution < 1.29 is 43.2 Å². The molecule has 6 aliphatic rings. The van der Waals surface area contributed by atoms with Crippen molar-refractivity contribution in [3.8, 4) is 0 Å². The highest BCUT2D eigenvalue weighted by Gasteiger charge is 2.88. The maximum atomic E-state index is 14.2. The van der Waals surface area contributed by atoms with Crippen LogP contribution in [0.3, 0.4) is 0 Å². The van der Waals surface area contributed by atoms with Crippen LogP contribution in [0, 0.1) is 28.1 Å². The number of allylic oxidation sites excluding steroid dienone is 1. The number of cyclic esters (lactones) is 3. The lowest BCUT2D eigenvalue weighted by Crippen LogP contribution is -2.72. The second-order valence-corrected chi connectivity index (χ2v) is 12.1. The Morgan fingerprint density at radius 1 is 0.971 bits per heavy atom. The lowest BCUT2D eigenvalue weighted by molar-refractivity contribution is -0.211. The smallest absolute Gasteiger partial charge is 0.340 e. The van der Waals surface area contributed by atoms with E-state index in [9.17, 15) is 24.3 Å². The number of carbonyl (C=O) groups is 4. The molecule has 0 unspecified atom stereocenters. The van der Waals surface area contributed by atoms with Gasteiger partial charge in [0.05, 0.1) is 11.0 Å². The maximum Gasteiger partial charge on any atom is 0.340 e. The van der Waals surface area contributed by atoms with Gasteiger partial charge >= 0.3 is 17.9 Å². The Labute approximate surface area is 202 Å². The summed E-state index contributed by atoms with van der Waals surface area (Å²) in [6, 6.07) is 0. The standard InChI is InChI=1S/C26H30O9/c1-22(2)14-11-15(27)25(5)13(23(14,3)8-7-16(28)34-22)6-9-24(4)18(12-10-17(29)32-20(12)30)33-21(31)19-26(24,25)35-19/h7-8,10,13-14,17-19,29H,6,9,11H2,1-5H3/t13-,14+,17+,18+,19-,23-,24+,25+,26-/m1/s1. The van der Waals surface area contributed by atoms with Crippen LogP contribution < -0.4 is 0 Å². The van der Waals surface area contributed by atoms with Crippen molar-refractivity contribution in [1.29, 1.82) is 0 Å². The minimum Gasteiger partial charge on any atom is -0.456 e. The Kier molecular flexibility index (Phi) is 4.20. The summed E-state index contributed by atoms with van der Waals surface area (Å²) in [4.78, 5) is 52.2. The van der Waals surface area contributed by atoms with Gasteiger partial charge in [-0.1, -0.05) is 19.9 Å². The molecule has 0 radical (unpaired) electrons. The number of carbonyl (C=O) groups excluding carboxylic acids is 4. The molecule has 4 aliphatic heterocycles. The Bertz CT molecular complexity index is 1150. The van der Waals surface area contributed by atoms with Crippen molar-refractivity contribution in [2.24, 2.45) is 28.1 Å². The molecule has 2 saturated heterocycles. The molecular formula is C26H30O9. The van der Waals surface area contributed by atoms with Crippen LogP contribution in [0.15, 0.2) is 23.8 Å². The van der Waals surface area contributed by atoms with Crippen molar-refractivity contribution in [3.63, 3.8) is 0 Å². The quantitative estimate of drug-likeness (QED) is 0.335. The molecular weight excluding hydrogens is 456 g/mol. The van der Waals surface area contributed by atoms with Gasteiger partial charge in [-0.05, 0) is 51.0 Å². The predicted molar refractivity (Wildman–Crippen MR) is 117 cm³/mol. The number of rotatable bonds is 1. The molecule has 0 bridgehead atoms. The number of hydrogen-bond acceptors (Lipinski definition) is 9. The summed E-state index contributed by atoms with van der Waals surface area (Å²) in [6.45, 7) is 9.52. The molecule has 2 saturated carbocycles. The molecule has 4 heterocycles. The molecule has 6 rings (SSSR count). The molecule has 1 spiro atoms. The van der Waals surface area contributed by atoms with Gasteiger partial charge in [-0.2, -0.15) is 0 Å². The van der Waals surface area contributed by atoms with E-state index in [-0.39, 0.29) is 29.6 Å². The van der Waals surface area contributed by atoms with Crippen molar-refractivity contribution >= 4 is 23.7 Å². The zero-order valence-electron chi connectivity index (χ0n) is 20.5.